The van der Waals surface area contributed by atoms with Crippen LogP contribution in [0.25, 0.3) is 11.0 Å². The van der Waals surface area contributed by atoms with Crippen molar-refractivity contribution >= 4 is 113 Å². The summed E-state index contributed by atoms with van der Waals surface area (Å²) in [4.78, 5) is 78.5. The number of carbonyl (C=O) groups excluding carboxylic acids is 1. The minimum absolute atomic E-state index is 0.0160. The number of ether oxygens (including phenoxy) is 1. The van der Waals surface area contributed by atoms with Crippen molar-refractivity contribution in [3.8, 4) is 5.75 Å². The van der Waals surface area contributed by atoms with E-state index in [9.17, 15) is 57.1 Å². The van der Waals surface area contributed by atoms with Gasteiger partial charge in [0.25, 0.3) is 27.1 Å². The number of aromatic nitrogens is 2. The molecule has 1 saturated heterocycles. The monoisotopic (exact) mass is 816 g/mol. The number of carboxylic acids is 3. The van der Waals surface area contributed by atoms with Crippen LogP contribution in [0.4, 0.5) is 5.69 Å². The van der Waals surface area contributed by atoms with Gasteiger partial charge in [-0.25, -0.2) is 0 Å². The Morgan fingerprint density at radius 3 is 2.14 bits per heavy atom. The van der Waals surface area contributed by atoms with Gasteiger partial charge in [-0.05, 0) is 30.7 Å². The molecular weight excluding hydrogens is 793 g/mol. The molecule has 1 amide bonds. The topological polar surface area (TPSA) is 243 Å². The fraction of sp³-hybridized carbons (Fsp3) is 0.250. The number of allylic oxidation sites excluding steroid dienone is 1. The van der Waals surface area contributed by atoms with E-state index in [-0.39, 0.29) is 40.6 Å². The molecule has 0 spiro atoms. The van der Waals surface area contributed by atoms with E-state index in [1.54, 1.807) is 29.2 Å². The van der Waals surface area contributed by atoms with E-state index < -0.39 is 70.4 Å². The highest BCUT2D eigenvalue weighted by atomic mass is 32.2. The first kappa shape index (κ1) is 38.0. The molecule has 0 radical (unpaired) electrons. The molecule has 2 aliphatic heterocycles. The van der Waals surface area contributed by atoms with Crippen molar-refractivity contribution in [3.05, 3.63) is 68.4 Å². The molecule has 0 atom stereocenters. The van der Waals surface area contributed by atoms with Gasteiger partial charge in [0.1, 0.15) is 48.5 Å². The van der Waals surface area contributed by atoms with Crippen LogP contribution in [-0.4, -0.2) is 96.4 Å². The molecular formula is C28H24N4O13S6. The lowest BCUT2D eigenvalue weighted by Gasteiger charge is -2.20. The van der Waals surface area contributed by atoms with Gasteiger partial charge < -0.3 is 25.0 Å². The lowest BCUT2D eigenvalue weighted by Crippen LogP contribution is -2.35. The largest absolute Gasteiger partial charge is 0.497 e. The van der Waals surface area contributed by atoms with E-state index in [0.717, 1.165) is 30.3 Å². The van der Waals surface area contributed by atoms with Crippen molar-refractivity contribution in [1.29, 1.82) is 0 Å². The predicted molar refractivity (Wildman–Crippen MR) is 192 cm³/mol. The zero-order valence-electron chi connectivity index (χ0n) is 25.8. The molecule has 2 aromatic heterocycles. The summed E-state index contributed by atoms with van der Waals surface area (Å²) in [6.45, 7) is -2.41. The maximum Gasteiger partial charge on any atom is 0.323 e. The number of thiazole rings is 2. The van der Waals surface area contributed by atoms with Gasteiger partial charge in [0, 0.05) is 17.5 Å². The number of methoxy groups -OCH3 is 1. The van der Waals surface area contributed by atoms with Crippen LogP contribution >= 0.6 is 58.4 Å². The number of carboxylic acid groups (broad SMARTS) is 3. The number of fused-ring (bicyclic) bond motifs is 1. The average Bonchev–Trinajstić information content (AvgIpc) is 3.73. The number of rotatable bonds is 12. The average molecular weight is 817 g/mol. The summed E-state index contributed by atoms with van der Waals surface area (Å²) in [6.07, 6.45) is 2.99. The number of amides is 1. The quantitative estimate of drug-likeness (QED) is 0.141. The molecule has 0 unspecified atom stereocenters. The number of thiocarbonyl (C=S) groups is 1. The summed E-state index contributed by atoms with van der Waals surface area (Å²) < 4.78 is 38.2. The van der Waals surface area contributed by atoms with Crippen LogP contribution in [0.1, 0.15) is 6.42 Å². The van der Waals surface area contributed by atoms with Crippen LogP contribution in [0.5, 0.6) is 5.75 Å². The van der Waals surface area contributed by atoms with Crippen LogP contribution in [0, 0.1) is 9.20 Å². The fourth-order valence-electron chi connectivity index (χ4n) is 4.89. The Balaban J connectivity index is 1.73. The molecule has 1 aromatic carbocycles. The maximum atomic E-state index is 13.7. The fourth-order valence-corrected chi connectivity index (χ4v) is 10.2. The molecule has 0 saturated carbocycles. The van der Waals surface area contributed by atoms with Crippen molar-refractivity contribution in [1.82, 2.24) is 14.0 Å². The molecule has 0 bridgehead atoms. The van der Waals surface area contributed by atoms with E-state index in [0.29, 0.717) is 39.6 Å². The van der Waals surface area contributed by atoms with Crippen LogP contribution in [0.3, 0.4) is 0 Å². The lowest BCUT2D eigenvalue weighted by atomic mass is 10.2. The van der Waals surface area contributed by atoms with Crippen LogP contribution in [-0.2, 0) is 42.4 Å². The predicted octanol–water partition coefficient (Wildman–Crippen LogP) is 0.163. The van der Waals surface area contributed by atoms with E-state index >= 15 is 0 Å². The molecule has 23 heteroatoms. The second kappa shape index (κ2) is 15.1. The first-order chi connectivity index (χ1) is 24.0. The molecule has 17 nitrogen and oxygen atoms in total. The van der Waals surface area contributed by atoms with Gasteiger partial charge in [0.15, 0.2) is 0 Å². The summed E-state index contributed by atoms with van der Waals surface area (Å²) in [5, 5.41) is 29.0. The SMILES string of the molecule is COc1ccc2c(c1)N(CCCS(=O)(=O)O)/C(=C\C=c1/s/c(=c3/s/c(=C4/SC(=S)N(CC(=O)O)C4=O)n(CC(=O)O)c3=O)n(CC(=O)O)c1=O)S2. The van der Waals surface area contributed by atoms with E-state index in [4.69, 9.17) is 17.0 Å². The minimum atomic E-state index is -4.24. The Morgan fingerprint density at radius 1 is 0.882 bits per heavy atom. The Labute approximate surface area is 307 Å². The first-order valence-corrected chi connectivity index (χ1v) is 19.4. The Kier molecular flexibility index (Phi) is 11.3. The number of hydrogen-bond donors (Lipinski definition) is 4. The van der Waals surface area contributed by atoms with E-state index in [1.807, 2.05) is 0 Å². The summed E-state index contributed by atoms with van der Waals surface area (Å²) in [5.41, 5.74) is -1.05. The zero-order chi connectivity index (χ0) is 37.4. The second-order valence-corrected chi connectivity index (χ2v) is 16.8. The molecule has 1 fully saturated rings. The van der Waals surface area contributed by atoms with Gasteiger partial charge in [-0.15, -0.1) is 22.7 Å². The van der Waals surface area contributed by atoms with Crippen LogP contribution < -0.4 is 30.0 Å². The highest BCUT2D eigenvalue weighted by Gasteiger charge is 2.35. The Morgan fingerprint density at radius 2 is 1.53 bits per heavy atom. The van der Waals surface area contributed by atoms with Crippen LogP contribution in [0.2, 0.25) is 0 Å². The summed E-state index contributed by atoms with van der Waals surface area (Å²) in [6, 6.07) is 5.24. The molecule has 4 N–H and O–H groups in total. The summed E-state index contributed by atoms with van der Waals surface area (Å²) in [7, 11) is -2.76. The third-order valence-corrected chi connectivity index (χ3v) is 13.0. The van der Waals surface area contributed by atoms with Gasteiger partial charge in [-0.1, -0.05) is 35.7 Å². The van der Waals surface area contributed by atoms with Gasteiger partial charge in [0.05, 0.1) is 28.1 Å². The van der Waals surface area contributed by atoms with Crippen molar-refractivity contribution < 1.29 is 52.2 Å². The number of nitrogens with zero attached hydrogens (tertiary/aromatic N) is 4. The molecule has 270 valence electrons. The molecule has 2 aliphatic rings. The number of thioether (sulfide) groups is 2. The highest BCUT2D eigenvalue weighted by molar-refractivity contribution is 8.30. The molecule has 3 aromatic rings. The maximum absolute atomic E-state index is 13.7. The second-order valence-electron chi connectivity index (χ2n) is 10.5. The summed E-state index contributed by atoms with van der Waals surface area (Å²) in [5.74, 6) is -5.09. The Hall–Kier alpha value is -4.26. The lowest BCUT2D eigenvalue weighted by molar-refractivity contribution is -0.140. The summed E-state index contributed by atoms with van der Waals surface area (Å²) >= 11 is 8.47. The number of carbonyl (C=O) groups is 4. The smallest absolute Gasteiger partial charge is 0.323 e. The van der Waals surface area contributed by atoms with Crippen molar-refractivity contribution in [2.45, 2.75) is 24.4 Å². The van der Waals surface area contributed by atoms with Gasteiger partial charge in [-0.2, -0.15) is 8.42 Å². The van der Waals surface area contributed by atoms with Gasteiger partial charge in [-0.3, -0.25) is 47.4 Å². The van der Waals surface area contributed by atoms with Crippen molar-refractivity contribution in [2.75, 3.05) is 30.9 Å². The van der Waals surface area contributed by atoms with Crippen molar-refractivity contribution in [2.24, 2.45) is 0 Å². The number of hydrogen-bond acceptors (Lipinski definition) is 15. The van der Waals surface area contributed by atoms with Crippen LogP contribution in [0.15, 0.2) is 43.8 Å². The number of anilines is 1. The number of benzene rings is 1. The third kappa shape index (κ3) is 8.29. The molecule has 0 aliphatic carbocycles. The number of aliphatic carboxylic acids is 3. The molecule has 51 heavy (non-hydrogen) atoms. The first-order valence-electron chi connectivity index (χ1n) is 14.2. The Bertz CT molecular complexity index is 2500. The van der Waals surface area contributed by atoms with Crippen molar-refractivity contribution in [3.63, 3.8) is 0 Å². The zero-order valence-corrected chi connectivity index (χ0v) is 30.7. The molecule has 5 rings (SSSR count). The normalized spacial score (nSPS) is 17.5. The van der Waals surface area contributed by atoms with Gasteiger partial charge >= 0.3 is 17.9 Å². The minimum Gasteiger partial charge on any atom is -0.497 e. The van der Waals surface area contributed by atoms with Gasteiger partial charge in [0.2, 0.25) is 0 Å². The van der Waals surface area contributed by atoms with E-state index in [1.165, 1.54) is 24.9 Å². The third-order valence-electron chi connectivity index (χ3n) is 7.01. The van der Waals surface area contributed by atoms with E-state index in [2.05, 4.69) is 0 Å². The highest BCUT2D eigenvalue weighted by Crippen LogP contribution is 2.47. The molecule has 4 heterocycles. The standard InChI is InChI=1S/C28H24N4O13S6/c1-45-13-3-4-15-14(9-13)29(7-2-8-51(42,43)44)17(47-15)6-5-16-23(39)30(10-18(33)34)26(48-16)21-24(40)31(11-19(35)36)27(49-21)22-25(41)32(12-20(37)38)28(46)50-22/h3-6,9H,2,7-8,10-12H2,1H3,(H,33,34)(H,35,36)(H,37,38)(H,42,43,44)/b16-5-,17-6+,26-21+,27-22+.